The Balaban J connectivity index is 2.25. The maximum atomic E-state index is 12.8. The van der Waals surface area contributed by atoms with Gasteiger partial charge in [0.25, 0.3) is 5.91 Å². The van der Waals surface area contributed by atoms with Crippen LogP contribution < -0.4 is 24.8 Å². The van der Waals surface area contributed by atoms with E-state index in [9.17, 15) is 4.79 Å². The number of anilines is 1. The quantitative estimate of drug-likeness (QED) is 0.352. The third-order valence-corrected chi connectivity index (χ3v) is 5.52. The fraction of sp³-hybridized carbons (Fsp3) is 0.364. The van der Waals surface area contributed by atoms with E-state index in [-0.39, 0.29) is 11.0 Å². The summed E-state index contributed by atoms with van der Waals surface area (Å²) in [4.78, 5) is 12.8. The molecule has 2 aromatic rings. The number of rotatable bonds is 8. The Kier molecular flexibility index (Phi) is 9.16. The number of nitrogens with one attached hydrogen (secondary N) is 2. The molecule has 0 unspecified atom stereocenters. The van der Waals surface area contributed by atoms with E-state index < -0.39 is 0 Å². The molecule has 0 aliphatic heterocycles. The second-order valence-electron chi connectivity index (χ2n) is 6.43. The van der Waals surface area contributed by atoms with Crippen molar-refractivity contribution in [3.05, 3.63) is 44.5 Å². The summed E-state index contributed by atoms with van der Waals surface area (Å²) in [5, 5.41) is 6.04. The Labute approximate surface area is 196 Å². The van der Waals surface area contributed by atoms with Crippen LogP contribution in [-0.2, 0) is 0 Å². The zero-order chi connectivity index (χ0) is 22.3. The molecule has 6 nitrogen and oxygen atoms in total. The second-order valence-corrected chi connectivity index (χ2v) is 8.00. The normalized spacial score (nSPS) is 10.3. The molecule has 0 heterocycles. The maximum Gasteiger partial charge on any atom is 0.257 e. The molecule has 0 saturated heterocycles. The van der Waals surface area contributed by atoms with Gasteiger partial charge in [-0.3, -0.25) is 10.1 Å². The van der Waals surface area contributed by atoms with E-state index in [1.54, 1.807) is 12.1 Å². The fourth-order valence-electron chi connectivity index (χ4n) is 2.76. The molecule has 2 aromatic carbocycles. The Morgan fingerprint density at radius 2 is 1.50 bits per heavy atom. The van der Waals surface area contributed by atoms with Crippen molar-refractivity contribution < 1.29 is 19.0 Å². The summed E-state index contributed by atoms with van der Waals surface area (Å²) in [6.45, 7) is 11.0. The van der Waals surface area contributed by atoms with Gasteiger partial charge in [-0.15, -0.1) is 0 Å². The topological polar surface area (TPSA) is 68.8 Å². The molecule has 2 rings (SSSR count). The number of halogens is 1. The van der Waals surface area contributed by atoms with Crippen LogP contribution in [0.25, 0.3) is 0 Å². The van der Waals surface area contributed by atoms with Crippen molar-refractivity contribution in [2.75, 3.05) is 25.1 Å². The lowest BCUT2D eigenvalue weighted by atomic mass is 10.1. The van der Waals surface area contributed by atoms with Gasteiger partial charge in [0.05, 0.1) is 19.8 Å². The number of carbonyl (C=O) groups excluding carboxylic acids is 1. The van der Waals surface area contributed by atoms with Gasteiger partial charge in [-0.2, -0.15) is 0 Å². The van der Waals surface area contributed by atoms with Crippen LogP contribution in [0.15, 0.2) is 24.3 Å². The monoisotopic (exact) mass is 542 g/mol. The summed E-state index contributed by atoms with van der Waals surface area (Å²) >= 11 is 7.64. The smallest absolute Gasteiger partial charge is 0.257 e. The number of aryl methyl sites for hydroxylation is 2. The van der Waals surface area contributed by atoms with Crippen LogP contribution in [0.3, 0.4) is 0 Å². The summed E-state index contributed by atoms with van der Waals surface area (Å²) in [6.07, 6.45) is 0. The van der Waals surface area contributed by atoms with Gasteiger partial charge < -0.3 is 19.5 Å². The number of benzene rings is 2. The highest BCUT2D eigenvalue weighted by Crippen LogP contribution is 2.39. The first-order valence-corrected chi connectivity index (χ1v) is 11.2. The standard InChI is InChI=1S/C22H27IN2O4S/c1-6-27-18-11-15(12-19(28-7-2)20(18)29-8-3)21(26)25-22(30)24-17-10-13(4)16(23)9-14(17)5/h9-12H,6-8H2,1-5H3,(H2,24,25,26,30). The van der Waals surface area contributed by atoms with Crippen molar-refractivity contribution in [3.8, 4) is 17.2 Å². The van der Waals surface area contributed by atoms with Gasteiger partial charge in [-0.05, 0) is 105 Å². The molecule has 0 spiro atoms. The Bertz CT molecular complexity index is 907. The van der Waals surface area contributed by atoms with E-state index in [0.29, 0.717) is 42.6 Å². The van der Waals surface area contributed by atoms with Crippen molar-refractivity contribution in [1.29, 1.82) is 0 Å². The minimum absolute atomic E-state index is 0.216. The van der Waals surface area contributed by atoms with E-state index in [1.807, 2.05) is 40.7 Å². The van der Waals surface area contributed by atoms with Gasteiger partial charge >= 0.3 is 0 Å². The van der Waals surface area contributed by atoms with Crippen molar-refractivity contribution in [2.45, 2.75) is 34.6 Å². The van der Waals surface area contributed by atoms with Crippen LogP contribution >= 0.6 is 34.8 Å². The van der Waals surface area contributed by atoms with Crippen molar-refractivity contribution in [1.82, 2.24) is 5.32 Å². The summed E-state index contributed by atoms with van der Waals surface area (Å²) < 4.78 is 18.2. The Hall–Kier alpha value is -2.07. The Morgan fingerprint density at radius 3 is 2.03 bits per heavy atom. The molecule has 2 N–H and O–H groups in total. The minimum atomic E-state index is -0.364. The van der Waals surface area contributed by atoms with E-state index >= 15 is 0 Å². The largest absolute Gasteiger partial charge is 0.490 e. The number of hydrogen-bond acceptors (Lipinski definition) is 5. The highest BCUT2D eigenvalue weighted by Gasteiger charge is 2.19. The summed E-state index contributed by atoms with van der Waals surface area (Å²) in [5.41, 5.74) is 3.40. The van der Waals surface area contributed by atoms with Crippen LogP contribution in [0.2, 0.25) is 0 Å². The van der Waals surface area contributed by atoms with Gasteiger partial charge in [0.15, 0.2) is 16.6 Å². The predicted molar refractivity (Wildman–Crippen MR) is 132 cm³/mol. The summed E-state index contributed by atoms with van der Waals surface area (Å²) in [6, 6.07) is 7.34. The second kappa shape index (κ2) is 11.4. The fourth-order valence-corrected chi connectivity index (χ4v) is 3.59. The molecule has 0 aliphatic rings. The molecule has 0 fully saturated rings. The molecule has 162 valence electrons. The van der Waals surface area contributed by atoms with Gasteiger partial charge in [-0.25, -0.2) is 0 Å². The first kappa shape index (κ1) is 24.2. The number of amides is 1. The molecule has 1 amide bonds. The molecular formula is C22H27IN2O4S. The average molecular weight is 542 g/mol. The molecule has 0 atom stereocenters. The first-order chi connectivity index (χ1) is 14.3. The molecular weight excluding hydrogens is 515 g/mol. The maximum absolute atomic E-state index is 12.8. The van der Waals surface area contributed by atoms with E-state index in [4.69, 9.17) is 26.4 Å². The molecule has 30 heavy (non-hydrogen) atoms. The SMILES string of the molecule is CCOc1cc(C(=O)NC(=S)Nc2cc(C)c(I)cc2C)cc(OCC)c1OCC. The van der Waals surface area contributed by atoms with E-state index in [1.165, 1.54) is 3.57 Å². The predicted octanol–water partition coefficient (Wildman–Crippen LogP) is 5.23. The van der Waals surface area contributed by atoms with Crippen LogP contribution in [-0.4, -0.2) is 30.8 Å². The highest BCUT2D eigenvalue weighted by atomic mass is 127. The zero-order valence-electron chi connectivity index (χ0n) is 17.8. The summed E-state index contributed by atoms with van der Waals surface area (Å²) in [5.74, 6) is 1.04. The van der Waals surface area contributed by atoms with Crippen LogP contribution in [0.4, 0.5) is 5.69 Å². The number of hydrogen-bond donors (Lipinski definition) is 2. The first-order valence-electron chi connectivity index (χ1n) is 9.76. The minimum Gasteiger partial charge on any atom is -0.490 e. The van der Waals surface area contributed by atoms with Crippen LogP contribution in [0.5, 0.6) is 17.2 Å². The van der Waals surface area contributed by atoms with Gasteiger partial charge in [0.1, 0.15) is 0 Å². The zero-order valence-corrected chi connectivity index (χ0v) is 20.8. The van der Waals surface area contributed by atoms with Crippen molar-refractivity contribution >= 4 is 51.5 Å². The lowest BCUT2D eigenvalue weighted by Gasteiger charge is -2.17. The van der Waals surface area contributed by atoms with Gasteiger partial charge in [-0.1, -0.05) is 0 Å². The van der Waals surface area contributed by atoms with Gasteiger partial charge in [0, 0.05) is 14.8 Å². The van der Waals surface area contributed by atoms with E-state index in [0.717, 1.165) is 16.8 Å². The number of carbonyl (C=O) groups is 1. The third-order valence-electron chi connectivity index (χ3n) is 4.15. The summed E-state index contributed by atoms with van der Waals surface area (Å²) in [7, 11) is 0. The molecule has 0 radical (unpaired) electrons. The highest BCUT2D eigenvalue weighted by molar-refractivity contribution is 14.1. The average Bonchev–Trinajstić information content (AvgIpc) is 2.68. The number of thiocarbonyl (C=S) groups is 1. The molecule has 8 heteroatoms. The lowest BCUT2D eigenvalue weighted by molar-refractivity contribution is 0.0976. The third kappa shape index (κ3) is 6.21. The molecule has 0 bridgehead atoms. The number of ether oxygens (including phenoxy) is 3. The Morgan fingerprint density at radius 1 is 0.933 bits per heavy atom. The van der Waals surface area contributed by atoms with Gasteiger partial charge in [0.2, 0.25) is 5.75 Å². The van der Waals surface area contributed by atoms with Crippen molar-refractivity contribution in [3.63, 3.8) is 0 Å². The molecule has 0 aliphatic carbocycles. The van der Waals surface area contributed by atoms with Crippen LogP contribution in [0, 0.1) is 17.4 Å². The molecule has 0 aromatic heterocycles. The molecule has 0 saturated carbocycles. The lowest BCUT2D eigenvalue weighted by Crippen LogP contribution is -2.34. The van der Waals surface area contributed by atoms with Crippen molar-refractivity contribution in [2.24, 2.45) is 0 Å². The van der Waals surface area contributed by atoms with E-state index in [2.05, 4.69) is 39.3 Å². The van der Waals surface area contributed by atoms with Crippen LogP contribution in [0.1, 0.15) is 42.3 Å².